The van der Waals surface area contributed by atoms with Gasteiger partial charge in [0.15, 0.2) is 11.2 Å². The predicted octanol–water partition coefficient (Wildman–Crippen LogP) is 0.693. The molecule has 1 N–H and O–H groups in total. The second kappa shape index (κ2) is 9.70. The Labute approximate surface area is 195 Å². The molecular formula is C20H18ClN3NaO4-. The van der Waals surface area contributed by atoms with Crippen LogP contribution < -0.4 is 39.7 Å². The van der Waals surface area contributed by atoms with Gasteiger partial charge in [0.25, 0.3) is 5.54 Å². The molecule has 3 rings (SSSR count). The van der Waals surface area contributed by atoms with Crippen molar-refractivity contribution in [3.8, 4) is 5.75 Å². The van der Waals surface area contributed by atoms with Crippen LogP contribution in [0.3, 0.4) is 0 Å². The average Bonchev–Trinajstić information content (AvgIpc) is 2.66. The molecule has 146 valence electrons. The molecule has 0 saturated heterocycles. The Hall–Kier alpha value is -1.95. The molecule has 0 amide bonds. The zero-order valence-electron chi connectivity index (χ0n) is 16.6. The molecule has 2 heterocycles. The molecule has 29 heavy (non-hydrogen) atoms. The van der Waals surface area contributed by atoms with E-state index in [0.29, 0.717) is 45.0 Å². The number of hydrogen-bond acceptors (Lipinski definition) is 5. The summed E-state index contributed by atoms with van der Waals surface area (Å²) < 4.78 is 7.23. The molecule has 0 aliphatic heterocycles. The van der Waals surface area contributed by atoms with Crippen LogP contribution in [0.1, 0.15) is 26.5 Å². The van der Waals surface area contributed by atoms with Crippen LogP contribution in [-0.4, -0.2) is 27.9 Å². The summed E-state index contributed by atoms with van der Waals surface area (Å²) in [6.07, 6.45) is 1.86. The Balaban J connectivity index is 0.00000210. The summed E-state index contributed by atoms with van der Waals surface area (Å²) in [5.74, 6) is 0.322. The molecule has 0 unspecified atom stereocenters. The Morgan fingerprint density at radius 1 is 1.28 bits per heavy atom. The van der Waals surface area contributed by atoms with E-state index in [1.165, 1.54) is 0 Å². The van der Waals surface area contributed by atoms with E-state index in [1.54, 1.807) is 49.6 Å². The topological polar surface area (TPSA) is 95.6 Å². The Morgan fingerprint density at radius 2 is 1.93 bits per heavy atom. The SMILES string of the molecule is [C-]#[N+]C(C)(C)c1ccc2c(=O)c3ccc(Cl)c(OCC)c3n(C[C-]=O)c2n1.[Na+].[OH-]. The summed E-state index contributed by atoms with van der Waals surface area (Å²) in [6.45, 7) is 12.9. The predicted molar refractivity (Wildman–Crippen MR) is 107 cm³/mol. The van der Waals surface area contributed by atoms with Gasteiger partial charge in [-0.25, -0.2) is 17.8 Å². The third kappa shape index (κ3) is 4.32. The fraction of sp³-hybridized carbons (Fsp3) is 0.300. The monoisotopic (exact) mass is 422 g/mol. The zero-order valence-corrected chi connectivity index (χ0v) is 19.4. The first kappa shape index (κ1) is 25.1. The second-order valence-corrected chi connectivity index (χ2v) is 6.91. The van der Waals surface area contributed by atoms with Gasteiger partial charge in [0.2, 0.25) is 0 Å². The van der Waals surface area contributed by atoms with E-state index in [-0.39, 0.29) is 47.0 Å². The summed E-state index contributed by atoms with van der Waals surface area (Å²) in [6, 6.07) is 6.52. The fourth-order valence-electron chi connectivity index (χ4n) is 2.98. The number of benzene rings is 1. The van der Waals surface area contributed by atoms with Gasteiger partial charge < -0.3 is 24.4 Å². The number of pyridine rings is 2. The van der Waals surface area contributed by atoms with Gasteiger partial charge in [-0.2, -0.15) is 0 Å². The minimum Gasteiger partial charge on any atom is -0.870 e. The van der Waals surface area contributed by atoms with Crippen molar-refractivity contribution in [2.45, 2.75) is 32.9 Å². The van der Waals surface area contributed by atoms with Crippen molar-refractivity contribution in [1.29, 1.82) is 0 Å². The molecule has 3 aromatic rings. The van der Waals surface area contributed by atoms with Crippen molar-refractivity contribution in [2.24, 2.45) is 0 Å². The number of nitrogens with zero attached hydrogens (tertiary/aromatic N) is 3. The molecule has 0 bridgehead atoms. The maximum atomic E-state index is 13.0. The number of halogens is 1. The van der Waals surface area contributed by atoms with Crippen molar-refractivity contribution < 1.29 is 44.6 Å². The second-order valence-electron chi connectivity index (χ2n) is 6.50. The molecule has 2 aromatic heterocycles. The quantitative estimate of drug-likeness (QED) is 0.342. The van der Waals surface area contributed by atoms with E-state index < -0.39 is 5.54 Å². The van der Waals surface area contributed by atoms with Crippen molar-refractivity contribution in [2.75, 3.05) is 6.61 Å². The van der Waals surface area contributed by atoms with Gasteiger partial charge in [0.1, 0.15) is 11.3 Å². The molecule has 0 aliphatic rings. The van der Waals surface area contributed by atoms with Gasteiger partial charge >= 0.3 is 29.6 Å². The number of ether oxygens (including phenoxy) is 1. The number of aromatic nitrogens is 2. The molecule has 0 atom stereocenters. The van der Waals surface area contributed by atoms with E-state index >= 15 is 0 Å². The van der Waals surface area contributed by atoms with Crippen LogP contribution in [0, 0.1) is 6.57 Å². The van der Waals surface area contributed by atoms with Crippen LogP contribution in [0.5, 0.6) is 5.75 Å². The average molecular weight is 423 g/mol. The number of carbonyl (C=O) groups excluding carboxylic acids is 1. The van der Waals surface area contributed by atoms with Crippen molar-refractivity contribution in [1.82, 2.24) is 9.55 Å². The first-order valence-electron chi connectivity index (χ1n) is 8.38. The van der Waals surface area contributed by atoms with Gasteiger partial charge in [0.05, 0.1) is 27.9 Å². The molecular weight excluding hydrogens is 405 g/mol. The Bertz CT molecular complexity index is 1170. The van der Waals surface area contributed by atoms with Gasteiger partial charge in [0, 0.05) is 13.8 Å². The molecule has 0 aliphatic carbocycles. The summed E-state index contributed by atoms with van der Waals surface area (Å²) >= 11 is 6.28. The summed E-state index contributed by atoms with van der Waals surface area (Å²) in [4.78, 5) is 32.4. The van der Waals surface area contributed by atoms with Crippen molar-refractivity contribution in [3.05, 3.63) is 56.6 Å². The molecule has 0 saturated carbocycles. The van der Waals surface area contributed by atoms with Crippen molar-refractivity contribution in [3.63, 3.8) is 0 Å². The number of hydrogen-bond donors (Lipinski definition) is 0. The van der Waals surface area contributed by atoms with Gasteiger partial charge in [-0.15, -0.1) is 0 Å². The van der Waals surface area contributed by atoms with E-state index in [1.807, 2.05) is 6.29 Å². The molecule has 0 spiro atoms. The third-order valence-electron chi connectivity index (χ3n) is 4.39. The molecule has 7 nitrogen and oxygen atoms in total. The molecule has 9 heteroatoms. The largest absolute Gasteiger partial charge is 1.00 e. The van der Waals surface area contributed by atoms with Crippen LogP contribution in [0.4, 0.5) is 0 Å². The zero-order chi connectivity index (χ0) is 19.8. The van der Waals surface area contributed by atoms with Gasteiger partial charge in [-0.1, -0.05) is 18.1 Å². The minimum absolute atomic E-state index is 0. The summed E-state index contributed by atoms with van der Waals surface area (Å²) in [5, 5.41) is 1.07. The van der Waals surface area contributed by atoms with Crippen LogP contribution >= 0.6 is 11.6 Å². The van der Waals surface area contributed by atoms with Crippen LogP contribution in [0.15, 0.2) is 29.1 Å². The van der Waals surface area contributed by atoms with Gasteiger partial charge in [-0.05, 0) is 31.2 Å². The van der Waals surface area contributed by atoms with E-state index in [0.717, 1.165) is 0 Å². The maximum Gasteiger partial charge on any atom is 1.00 e. The van der Waals surface area contributed by atoms with Gasteiger partial charge in [-0.3, -0.25) is 4.79 Å². The first-order valence-corrected chi connectivity index (χ1v) is 8.76. The Kier molecular flexibility index (Phi) is 8.39. The van der Waals surface area contributed by atoms with Crippen LogP contribution in [0.25, 0.3) is 26.8 Å². The smallest absolute Gasteiger partial charge is 0.870 e. The molecule has 0 fully saturated rings. The maximum absolute atomic E-state index is 13.0. The van der Waals surface area contributed by atoms with E-state index in [9.17, 15) is 9.59 Å². The molecule has 0 radical (unpaired) electrons. The standard InChI is InChI=1S/C20H17ClN3O3.Na.H2O/c1-5-27-18-14(21)8-6-12-16(18)24(10-11-25)19-13(17(12)26)7-9-15(23-19)20(2,3)22-4;;/h6-9H,5,10H2,1-3H3;;1H2/q-1;+1;/p-1. The Morgan fingerprint density at radius 3 is 2.52 bits per heavy atom. The molecule has 1 aromatic carbocycles. The van der Waals surface area contributed by atoms with Crippen LogP contribution in [0.2, 0.25) is 5.02 Å². The third-order valence-corrected chi connectivity index (χ3v) is 4.69. The van der Waals surface area contributed by atoms with E-state index in [4.69, 9.17) is 22.9 Å². The number of rotatable bonds is 5. The van der Waals surface area contributed by atoms with Crippen LogP contribution in [-0.2, 0) is 16.9 Å². The van der Waals surface area contributed by atoms with E-state index in [2.05, 4.69) is 9.83 Å². The van der Waals surface area contributed by atoms with Crippen molar-refractivity contribution >= 4 is 39.8 Å². The fourth-order valence-corrected chi connectivity index (χ4v) is 3.19. The summed E-state index contributed by atoms with van der Waals surface area (Å²) in [5.41, 5.74) is 0.0954. The number of fused-ring (bicyclic) bond motifs is 2. The normalized spacial score (nSPS) is 10.7. The minimum atomic E-state index is -0.869. The first-order chi connectivity index (χ1) is 12.9. The summed E-state index contributed by atoms with van der Waals surface area (Å²) in [7, 11) is 0.